The molecule has 0 heterocycles. The molecule has 0 saturated heterocycles. The molecule has 0 aromatic heterocycles. The Morgan fingerprint density at radius 1 is 0.700 bits per heavy atom. The van der Waals surface area contributed by atoms with E-state index in [-0.39, 0.29) is 18.5 Å². The number of rotatable bonds is 16. The van der Waals surface area contributed by atoms with Crippen molar-refractivity contribution in [1.29, 1.82) is 5.26 Å². The lowest BCUT2D eigenvalue weighted by molar-refractivity contribution is -0.150. The smallest absolute Gasteiger partial charge is 0.343 e. The molecule has 0 saturated carbocycles. The maximum atomic E-state index is 12.5. The molecule has 210 valence electrons. The summed E-state index contributed by atoms with van der Waals surface area (Å²) in [6.45, 7) is 6.07. The van der Waals surface area contributed by atoms with Crippen LogP contribution in [0.4, 0.5) is 0 Å². The van der Waals surface area contributed by atoms with Crippen LogP contribution in [-0.2, 0) is 19.0 Å². The highest BCUT2D eigenvalue weighted by Gasteiger charge is 2.15. The van der Waals surface area contributed by atoms with Gasteiger partial charge in [0.05, 0.1) is 49.5 Å². The normalized spacial score (nSPS) is 10.7. The van der Waals surface area contributed by atoms with Crippen LogP contribution >= 0.6 is 0 Å². The Labute approximate surface area is 235 Å². The Hall–Kier alpha value is -4.19. The Morgan fingerprint density at radius 2 is 1.23 bits per heavy atom. The second-order valence-corrected chi connectivity index (χ2v) is 8.88. The Bertz CT molecular complexity index is 1230. The van der Waals surface area contributed by atoms with Crippen molar-refractivity contribution in [2.45, 2.75) is 26.7 Å². The Kier molecular flexibility index (Phi) is 12.7. The molecule has 0 unspecified atom stereocenters. The minimum Gasteiger partial charge on any atom is -0.491 e. The topological polar surface area (TPSA) is 104 Å². The first kappa shape index (κ1) is 30.4. The van der Waals surface area contributed by atoms with Gasteiger partial charge in [0.15, 0.2) is 0 Å². The lowest BCUT2D eigenvalue weighted by Gasteiger charge is -2.12. The third-order valence-electron chi connectivity index (χ3n) is 6.16. The van der Waals surface area contributed by atoms with Crippen LogP contribution in [-0.4, -0.2) is 51.6 Å². The van der Waals surface area contributed by atoms with Crippen LogP contribution < -0.4 is 9.47 Å². The first-order valence-corrected chi connectivity index (χ1v) is 13.4. The number of esters is 2. The summed E-state index contributed by atoms with van der Waals surface area (Å²) in [6, 6.07) is 23.3. The molecular formula is C32H35NO7. The average molecular weight is 546 g/mol. The summed E-state index contributed by atoms with van der Waals surface area (Å²) in [5.74, 6) is 0.373. The van der Waals surface area contributed by atoms with E-state index in [0.29, 0.717) is 55.7 Å². The highest BCUT2D eigenvalue weighted by atomic mass is 16.6. The molecule has 0 aliphatic carbocycles. The van der Waals surface area contributed by atoms with Gasteiger partial charge in [-0.1, -0.05) is 38.1 Å². The first-order chi connectivity index (χ1) is 19.5. The standard InChI is InChI=1S/C32H35NO7/c1-3-25(4-2)31(34)39-22-20-37-18-17-36-19-21-38-29-13-11-28(12-14-29)32(35)40-30-15-9-27(10-16-30)26-7-5-24(23-33)6-8-26/h5-16,25H,3-4,17-22H2,1-2H3. The molecule has 0 bridgehead atoms. The fourth-order valence-corrected chi connectivity index (χ4v) is 3.79. The summed E-state index contributed by atoms with van der Waals surface area (Å²) in [5.41, 5.74) is 2.93. The number of ether oxygens (including phenoxy) is 5. The lowest BCUT2D eigenvalue weighted by Crippen LogP contribution is -2.19. The van der Waals surface area contributed by atoms with E-state index in [0.717, 1.165) is 24.0 Å². The summed E-state index contributed by atoms with van der Waals surface area (Å²) in [6.07, 6.45) is 1.56. The number of nitrogens with zero attached hydrogens (tertiary/aromatic N) is 1. The van der Waals surface area contributed by atoms with E-state index in [1.807, 2.05) is 38.1 Å². The van der Waals surface area contributed by atoms with Crippen molar-refractivity contribution in [3.63, 3.8) is 0 Å². The van der Waals surface area contributed by atoms with Crippen LogP contribution in [0.5, 0.6) is 11.5 Å². The maximum absolute atomic E-state index is 12.5. The maximum Gasteiger partial charge on any atom is 0.343 e. The van der Waals surface area contributed by atoms with Crippen molar-refractivity contribution < 1.29 is 33.3 Å². The van der Waals surface area contributed by atoms with Crippen LogP contribution in [0.2, 0.25) is 0 Å². The molecule has 0 radical (unpaired) electrons. The fourth-order valence-electron chi connectivity index (χ4n) is 3.79. The van der Waals surface area contributed by atoms with Crippen LogP contribution in [0.1, 0.15) is 42.6 Å². The van der Waals surface area contributed by atoms with E-state index in [2.05, 4.69) is 6.07 Å². The SMILES string of the molecule is CCC(CC)C(=O)OCCOCCOCCOc1ccc(C(=O)Oc2ccc(-c3ccc(C#N)cc3)cc2)cc1. The van der Waals surface area contributed by atoms with Gasteiger partial charge < -0.3 is 23.7 Å². The summed E-state index contributed by atoms with van der Waals surface area (Å²) in [5, 5.41) is 8.93. The number of benzene rings is 3. The largest absolute Gasteiger partial charge is 0.491 e. The van der Waals surface area contributed by atoms with Gasteiger partial charge in [0.1, 0.15) is 24.7 Å². The van der Waals surface area contributed by atoms with E-state index in [1.165, 1.54) is 0 Å². The zero-order chi connectivity index (χ0) is 28.6. The van der Waals surface area contributed by atoms with Gasteiger partial charge in [-0.15, -0.1) is 0 Å². The number of carbonyl (C=O) groups is 2. The van der Waals surface area contributed by atoms with Crippen LogP contribution in [0.15, 0.2) is 72.8 Å². The van der Waals surface area contributed by atoms with Crippen LogP contribution in [0.25, 0.3) is 11.1 Å². The van der Waals surface area contributed by atoms with Crippen molar-refractivity contribution in [2.24, 2.45) is 5.92 Å². The molecule has 8 nitrogen and oxygen atoms in total. The van der Waals surface area contributed by atoms with E-state index in [1.54, 1.807) is 48.5 Å². The molecule has 0 amide bonds. The summed E-state index contributed by atoms with van der Waals surface area (Å²) in [7, 11) is 0. The van der Waals surface area contributed by atoms with Crippen LogP contribution in [0, 0.1) is 17.2 Å². The highest BCUT2D eigenvalue weighted by Crippen LogP contribution is 2.23. The third kappa shape index (κ3) is 9.84. The number of nitriles is 1. The van der Waals surface area contributed by atoms with Gasteiger partial charge >= 0.3 is 11.9 Å². The zero-order valence-electron chi connectivity index (χ0n) is 23.0. The molecule has 0 N–H and O–H groups in total. The van der Waals surface area contributed by atoms with E-state index >= 15 is 0 Å². The molecule has 0 aliphatic rings. The van der Waals surface area contributed by atoms with Gasteiger partial charge in [0.2, 0.25) is 0 Å². The van der Waals surface area contributed by atoms with Crippen molar-refractivity contribution in [3.8, 4) is 28.7 Å². The molecule has 3 rings (SSSR count). The second kappa shape index (κ2) is 16.7. The molecule has 0 aliphatic heterocycles. The first-order valence-electron chi connectivity index (χ1n) is 13.4. The fraction of sp³-hybridized carbons (Fsp3) is 0.344. The van der Waals surface area contributed by atoms with Gasteiger partial charge in [-0.3, -0.25) is 4.79 Å². The highest BCUT2D eigenvalue weighted by molar-refractivity contribution is 5.91. The minimum atomic E-state index is -0.466. The average Bonchev–Trinajstić information content (AvgIpc) is 2.99. The van der Waals surface area contributed by atoms with Crippen molar-refractivity contribution >= 4 is 11.9 Å². The Balaban J connectivity index is 1.29. The predicted octanol–water partition coefficient (Wildman–Crippen LogP) is 5.84. The van der Waals surface area contributed by atoms with Crippen molar-refractivity contribution in [3.05, 3.63) is 83.9 Å². The molecule has 3 aromatic rings. The number of hydrogen-bond acceptors (Lipinski definition) is 8. The second-order valence-electron chi connectivity index (χ2n) is 8.88. The zero-order valence-corrected chi connectivity index (χ0v) is 23.0. The van der Waals surface area contributed by atoms with Gasteiger partial charge in [-0.05, 0) is 72.5 Å². The third-order valence-corrected chi connectivity index (χ3v) is 6.16. The molecule has 3 aromatic carbocycles. The van der Waals surface area contributed by atoms with Crippen molar-refractivity contribution in [2.75, 3.05) is 39.6 Å². The van der Waals surface area contributed by atoms with Gasteiger partial charge in [-0.25, -0.2) is 4.79 Å². The van der Waals surface area contributed by atoms with E-state index in [4.69, 9.17) is 28.9 Å². The Morgan fingerprint density at radius 3 is 1.80 bits per heavy atom. The van der Waals surface area contributed by atoms with E-state index in [9.17, 15) is 9.59 Å². The molecule has 0 atom stereocenters. The molecule has 40 heavy (non-hydrogen) atoms. The molecule has 8 heteroatoms. The number of carbonyl (C=O) groups excluding carboxylic acids is 2. The predicted molar refractivity (Wildman–Crippen MR) is 150 cm³/mol. The van der Waals surface area contributed by atoms with Crippen LogP contribution in [0.3, 0.4) is 0 Å². The summed E-state index contributed by atoms with van der Waals surface area (Å²) < 4.78 is 27.2. The quantitative estimate of drug-likeness (QED) is 0.126. The molecule has 0 fully saturated rings. The molecular weight excluding hydrogens is 510 g/mol. The molecule has 0 spiro atoms. The van der Waals surface area contributed by atoms with Gasteiger partial charge in [0, 0.05) is 0 Å². The minimum absolute atomic E-state index is 0.0424. The van der Waals surface area contributed by atoms with Gasteiger partial charge in [-0.2, -0.15) is 5.26 Å². The van der Waals surface area contributed by atoms with E-state index < -0.39 is 5.97 Å². The van der Waals surface area contributed by atoms with Crippen molar-refractivity contribution in [1.82, 2.24) is 0 Å². The van der Waals surface area contributed by atoms with Gasteiger partial charge in [0.25, 0.3) is 0 Å². The lowest BCUT2D eigenvalue weighted by atomic mass is 10.0. The number of hydrogen-bond donors (Lipinski definition) is 0. The summed E-state index contributed by atoms with van der Waals surface area (Å²) in [4.78, 5) is 24.3. The monoisotopic (exact) mass is 545 g/mol. The summed E-state index contributed by atoms with van der Waals surface area (Å²) >= 11 is 0.